The van der Waals surface area contributed by atoms with E-state index < -0.39 is 16.3 Å². The lowest BCUT2D eigenvalue weighted by molar-refractivity contribution is -0.153. The molecule has 1 saturated heterocycles. The zero-order valence-corrected chi connectivity index (χ0v) is 26.4. The van der Waals surface area contributed by atoms with Gasteiger partial charge in [-0.15, -0.1) is 0 Å². The van der Waals surface area contributed by atoms with Crippen molar-refractivity contribution in [1.82, 2.24) is 9.21 Å². The molecule has 0 radical (unpaired) electrons. The van der Waals surface area contributed by atoms with Gasteiger partial charge in [-0.05, 0) is 83.8 Å². The van der Waals surface area contributed by atoms with Crippen LogP contribution in [0.25, 0.3) is 11.1 Å². The third-order valence-corrected chi connectivity index (χ3v) is 10.8. The minimum Gasteiger partial charge on any atom is -0.497 e. The Kier molecular flexibility index (Phi) is 9.56. The topological polar surface area (TPSA) is 106 Å². The molecule has 2 heterocycles. The number of amides is 1. The lowest BCUT2D eigenvalue weighted by Gasteiger charge is -2.33. The van der Waals surface area contributed by atoms with Crippen LogP contribution >= 0.6 is 0 Å². The van der Waals surface area contributed by atoms with Crippen LogP contribution in [0.4, 0.5) is 0 Å². The van der Waals surface area contributed by atoms with Crippen LogP contribution in [0.2, 0.25) is 0 Å². The second kappa shape index (κ2) is 13.7. The molecule has 6 rings (SSSR count). The zero-order chi connectivity index (χ0) is 31.4. The fourth-order valence-electron chi connectivity index (χ4n) is 6.44. The average Bonchev–Trinajstić information content (AvgIpc) is 3.46. The summed E-state index contributed by atoms with van der Waals surface area (Å²) < 4.78 is 45.4. The number of ether oxygens (including phenoxy) is 3. The molecule has 2 atom stereocenters. The van der Waals surface area contributed by atoms with Gasteiger partial charge in [0.15, 0.2) is 5.76 Å². The van der Waals surface area contributed by atoms with Crippen LogP contribution in [-0.2, 0) is 30.7 Å². The lowest BCUT2D eigenvalue weighted by Crippen LogP contribution is -2.40. The first-order valence-corrected chi connectivity index (χ1v) is 17.1. The van der Waals surface area contributed by atoms with Crippen LogP contribution in [-0.4, -0.2) is 81.4 Å². The summed E-state index contributed by atoms with van der Waals surface area (Å²) in [4.78, 5) is 15.5. The minimum absolute atomic E-state index is 0.00960. The first-order chi connectivity index (χ1) is 21.9. The monoisotopic (exact) mass is 632 g/mol. The van der Waals surface area contributed by atoms with Gasteiger partial charge in [0, 0.05) is 38.5 Å². The summed E-state index contributed by atoms with van der Waals surface area (Å²) in [5, 5.41) is 9.64. The highest BCUT2D eigenvalue weighted by Gasteiger charge is 2.33. The van der Waals surface area contributed by atoms with Crippen LogP contribution in [0.3, 0.4) is 0 Å². The van der Waals surface area contributed by atoms with Gasteiger partial charge in [-0.1, -0.05) is 42.5 Å². The maximum atomic E-state index is 13.6. The van der Waals surface area contributed by atoms with Gasteiger partial charge in [-0.3, -0.25) is 4.79 Å². The smallest absolute Gasteiger partial charge is 0.288 e. The number of hydrogen-bond acceptors (Lipinski definition) is 7. The molecule has 0 aromatic heterocycles. The van der Waals surface area contributed by atoms with Crippen LogP contribution in [0, 0.1) is 0 Å². The molecule has 0 bridgehead atoms. The highest BCUT2D eigenvalue weighted by atomic mass is 32.2. The number of likely N-dealkylation sites (tertiary alicyclic amines) is 1. The molecule has 1 fully saturated rings. The van der Waals surface area contributed by atoms with Crippen molar-refractivity contribution in [2.75, 3.05) is 46.5 Å². The van der Waals surface area contributed by atoms with Gasteiger partial charge < -0.3 is 24.2 Å². The van der Waals surface area contributed by atoms with Gasteiger partial charge in [0.2, 0.25) is 16.3 Å². The quantitative estimate of drug-likeness (QED) is 0.256. The van der Waals surface area contributed by atoms with E-state index in [1.165, 1.54) is 45.8 Å². The molecule has 0 unspecified atom stereocenters. The number of carbonyl (C=O) groups excluding carboxylic acids is 1. The van der Waals surface area contributed by atoms with E-state index in [1.54, 1.807) is 12.1 Å². The number of allylic oxidation sites excluding steroid dienone is 1. The Balaban J connectivity index is 1.19. The normalized spacial score (nSPS) is 19.4. The summed E-state index contributed by atoms with van der Waals surface area (Å²) in [6.45, 7) is 1.02. The molecular formula is C35H40N2O7S. The fourth-order valence-corrected chi connectivity index (χ4v) is 7.85. The van der Waals surface area contributed by atoms with E-state index in [4.69, 9.17) is 14.2 Å². The van der Waals surface area contributed by atoms with Crippen molar-refractivity contribution < 1.29 is 32.5 Å². The standard InChI is InChI=1S/C35H40N2O7S/c1-42-29-10-12-30(13-11-29)45(40,41)37(17-19-38)18-20-43-34-24-27(23-33(44-34)35(39)36-15-5-2-6-16-36)25-9-14-32-28(21-25)22-26-7-3-4-8-31(26)32/h3-4,7-14,21,23,27,34,38H,2,5-6,15-20,22,24H2,1H3/t27-,34+/m1/s1. The summed E-state index contributed by atoms with van der Waals surface area (Å²) in [5.41, 5.74) is 6.17. The third kappa shape index (κ3) is 6.79. The molecule has 9 nitrogen and oxygen atoms in total. The largest absolute Gasteiger partial charge is 0.497 e. The van der Waals surface area contributed by atoms with E-state index in [0.29, 0.717) is 25.3 Å². The van der Waals surface area contributed by atoms with Gasteiger partial charge >= 0.3 is 0 Å². The second-order valence-electron chi connectivity index (χ2n) is 11.7. The van der Waals surface area contributed by atoms with Crippen LogP contribution in [0.5, 0.6) is 5.75 Å². The van der Waals surface area contributed by atoms with Crippen molar-refractivity contribution in [2.24, 2.45) is 0 Å². The Labute approximate surface area is 265 Å². The Morgan fingerprint density at radius 1 is 0.978 bits per heavy atom. The van der Waals surface area contributed by atoms with Crippen LogP contribution in [0.15, 0.2) is 83.5 Å². The molecule has 0 spiro atoms. The highest BCUT2D eigenvalue weighted by Crippen LogP contribution is 2.40. The van der Waals surface area contributed by atoms with Crippen LogP contribution in [0.1, 0.15) is 48.3 Å². The molecule has 3 aliphatic rings. The number of methoxy groups -OCH3 is 1. The molecular weight excluding hydrogens is 592 g/mol. The number of aliphatic hydroxyl groups excluding tert-OH is 1. The third-order valence-electron chi connectivity index (χ3n) is 8.85. The molecule has 3 aromatic carbocycles. The molecule has 45 heavy (non-hydrogen) atoms. The maximum absolute atomic E-state index is 13.6. The lowest BCUT2D eigenvalue weighted by atomic mass is 9.90. The van der Waals surface area contributed by atoms with Crippen LogP contribution < -0.4 is 4.74 Å². The molecule has 10 heteroatoms. The van der Waals surface area contributed by atoms with Gasteiger partial charge in [-0.25, -0.2) is 8.42 Å². The molecule has 238 valence electrons. The van der Waals surface area contributed by atoms with Crippen molar-refractivity contribution in [3.8, 4) is 16.9 Å². The SMILES string of the molecule is COc1ccc(S(=O)(=O)N(CCO)CCO[C@@H]2C[C@H](c3ccc4c(c3)Cc3ccccc3-4)C=C(C(=O)N3CCCCC3)O2)cc1. The number of hydrogen-bond donors (Lipinski definition) is 1. The number of sulfonamides is 1. The second-order valence-corrected chi connectivity index (χ2v) is 13.6. The predicted octanol–water partition coefficient (Wildman–Crippen LogP) is 4.69. The molecule has 1 aliphatic carbocycles. The number of rotatable bonds is 11. The molecule has 1 N–H and O–H groups in total. The molecule has 0 saturated carbocycles. The summed E-state index contributed by atoms with van der Waals surface area (Å²) in [5.74, 6) is 0.578. The number of piperidine rings is 1. The zero-order valence-electron chi connectivity index (χ0n) is 25.6. The highest BCUT2D eigenvalue weighted by molar-refractivity contribution is 7.89. The van der Waals surface area contributed by atoms with Gasteiger partial charge in [0.05, 0.1) is 25.2 Å². The summed E-state index contributed by atoms with van der Waals surface area (Å²) in [6.07, 6.45) is 5.58. The van der Waals surface area contributed by atoms with Crippen molar-refractivity contribution in [3.05, 3.63) is 95.3 Å². The Morgan fingerprint density at radius 2 is 1.73 bits per heavy atom. The fraction of sp³-hybridized carbons (Fsp3) is 0.400. The number of nitrogens with zero attached hydrogens (tertiary/aromatic N) is 2. The molecule has 2 aliphatic heterocycles. The van der Waals surface area contributed by atoms with Crippen molar-refractivity contribution in [1.29, 1.82) is 0 Å². The van der Waals surface area contributed by atoms with Crippen molar-refractivity contribution in [3.63, 3.8) is 0 Å². The van der Waals surface area contributed by atoms with E-state index in [-0.39, 0.29) is 48.8 Å². The minimum atomic E-state index is -3.89. The number of carbonyl (C=O) groups is 1. The van der Waals surface area contributed by atoms with E-state index in [2.05, 4.69) is 42.5 Å². The average molecular weight is 633 g/mol. The molecule has 1 amide bonds. The maximum Gasteiger partial charge on any atom is 0.288 e. The van der Waals surface area contributed by atoms with E-state index >= 15 is 0 Å². The summed E-state index contributed by atoms with van der Waals surface area (Å²) >= 11 is 0. The Bertz CT molecular complexity index is 1650. The van der Waals surface area contributed by atoms with Crippen molar-refractivity contribution in [2.45, 2.75) is 49.2 Å². The van der Waals surface area contributed by atoms with E-state index in [1.807, 2.05) is 11.0 Å². The summed E-state index contributed by atoms with van der Waals surface area (Å²) in [6, 6.07) is 21.1. The van der Waals surface area contributed by atoms with Gasteiger partial charge in [-0.2, -0.15) is 4.31 Å². The Morgan fingerprint density at radius 3 is 2.49 bits per heavy atom. The number of benzene rings is 3. The molecule has 3 aromatic rings. The van der Waals surface area contributed by atoms with Crippen molar-refractivity contribution >= 4 is 15.9 Å². The summed E-state index contributed by atoms with van der Waals surface area (Å²) in [7, 11) is -2.37. The first-order valence-electron chi connectivity index (χ1n) is 15.6. The number of fused-ring (bicyclic) bond motifs is 3. The van der Waals surface area contributed by atoms with E-state index in [9.17, 15) is 18.3 Å². The first kappa shape index (κ1) is 31.3. The number of aliphatic hydroxyl groups is 1. The Hall–Kier alpha value is -3.70. The predicted molar refractivity (Wildman–Crippen MR) is 170 cm³/mol. The van der Waals surface area contributed by atoms with Gasteiger partial charge in [0.1, 0.15) is 5.75 Å². The van der Waals surface area contributed by atoms with E-state index in [0.717, 1.165) is 31.2 Å². The van der Waals surface area contributed by atoms with Gasteiger partial charge in [0.25, 0.3) is 5.91 Å².